The fourth-order valence-electron chi connectivity index (χ4n) is 1.74. The van der Waals surface area contributed by atoms with Gasteiger partial charge in [-0.15, -0.1) is 0 Å². The van der Waals surface area contributed by atoms with E-state index in [1.54, 1.807) is 31.2 Å². The van der Waals surface area contributed by atoms with Gasteiger partial charge in [0.25, 0.3) is 0 Å². The molecule has 0 radical (unpaired) electrons. The highest BCUT2D eigenvalue weighted by Gasteiger charge is 2.18. The lowest BCUT2D eigenvalue weighted by atomic mass is 10.3. The molecule has 1 aromatic carbocycles. The summed E-state index contributed by atoms with van der Waals surface area (Å²) in [4.78, 5) is 0. The molecule has 0 atom stereocenters. The third kappa shape index (κ3) is 6.21. The Morgan fingerprint density at radius 3 is 2.19 bits per heavy atom. The molecular weight excluding hydrogens is 336 g/mol. The molecule has 21 heavy (non-hydrogen) atoms. The molecule has 0 aromatic heterocycles. The Bertz CT molecular complexity index is 657. The molecule has 0 bridgehead atoms. The maximum absolute atomic E-state index is 11.8. The fourth-order valence-corrected chi connectivity index (χ4v) is 3.88. The molecular formula is C12H19ClN2O4S2. The molecule has 120 valence electrons. The first-order chi connectivity index (χ1) is 9.65. The third-order valence-corrected chi connectivity index (χ3v) is 5.66. The van der Waals surface area contributed by atoms with E-state index >= 15 is 0 Å². The van der Waals surface area contributed by atoms with Crippen molar-refractivity contribution < 1.29 is 16.8 Å². The summed E-state index contributed by atoms with van der Waals surface area (Å²) in [5.41, 5.74) is 0.441. The summed E-state index contributed by atoms with van der Waals surface area (Å²) in [6.45, 7) is 1.79. The van der Waals surface area contributed by atoms with E-state index < -0.39 is 20.0 Å². The van der Waals surface area contributed by atoms with Crippen molar-refractivity contribution in [3.05, 3.63) is 29.3 Å². The number of sulfonamides is 2. The van der Waals surface area contributed by atoms with Crippen LogP contribution in [-0.4, -0.2) is 41.9 Å². The van der Waals surface area contributed by atoms with E-state index in [4.69, 9.17) is 11.6 Å². The molecule has 0 heterocycles. The van der Waals surface area contributed by atoms with E-state index in [0.717, 1.165) is 10.6 Å². The molecule has 0 saturated carbocycles. The summed E-state index contributed by atoms with van der Waals surface area (Å²) in [6, 6.07) is 6.31. The van der Waals surface area contributed by atoms with E-state index in [2.05, 4.69) is 4.72 Å². The zero-order valence-electron chi connectivity index (χ0n) is 11.9. The Hall–Kier alpha value is -0.830. The van der Waals surface area contributed by atoms with Crippen molar-refractivity contribution in [3.63, 3.8) is 0 Å². The molecule has 0 aliphatic heterocycles. The Labute approximate surface area is 131 Å². The highest BCUT2D eigenvalue weighted by molar-refractivity contribution is 7.92. The van der Waals surface area contributed by atoms with Gasteiger partial charge >= 0.3 is 0 Å². The number of halogens is 1. The molecule has 0 amide bonds. The first kappa shape index (κ1) is 18.2. The predicted molar refractivity (Wildman–Crippen MR) is 85.7 cm³/mol. The SMILES string of the molecule is CCCS(=O)(=O)NCCN(c1ccc(Cl)cc1)S(C)(=O)=O. The first-order valence-corrected chi connectivity index (χ1v) is 10.2. The van der Waals surface area contributed by atoms with Crippen molar-refractivity contribution in [1.82, 2.24) is 4.72 Å². The van der Waals surface area contributed by atoms with Gasteiger partial charge in [0.1, 0.15) is 0 Å². The van der Waals surface area contributed by atoms with Gasteiger partial charge in [-0.05, 0) is 30.7 Å². The van der Waals surface area contributed by atoms with Gasteiger partial charge in [0, 0.05) is 18.1 Å². The summed E-state index contributed by atoms with van der Waals surface area (Å²) in [5, 5.41) is 0.496. The quantitative estimate of drug-likeness (QED) is 0.765. The number of benzene rings is 1. The normalized spacial score (nSPS) is 12.3. The van der Waals surface area contributed by atoms with Crippen molar-refractivity contribution in [2.45, 2.75) is 13.3 Å². The monoisotopic (exact) mass is 354 g/mol. The molecule has 1 rings (SSSR count). The second kappa shape index (κ2) is 7.44. The summed E-state index contributed by atoms with van der Waals surface area (Å²) >= 11 is 5.77. The highest BCUT2D eigenvalue weighted by atomic mass is 35.5. The smallest absolute Gasteiger partial charge is 0.232 e. The molecule has 0 aliphatic carbocycles. The Morgan fingerprint density at radius 2 is 1.71 bits per heavy atom. The second-order valence-electron chi connectivity index (χ2n) is 4.52. The van der Waals surface area contributed by atoms with Crippen molar-refractivity contribution in [2.24, 2.45) is 0 Å². The van der Waals surface area contributed by atoms with Crippen LogP contribution >= 0.6 is 11.6 Å². The lowest BCUT2D eigenvalue weighted by Crippen LogP contribution is -2.38. The van der Waals surface area contributed by atoms with Gasteiger partial charge in [-0.25, -0.2) is 21.6 Å². The van der Waals surface area contributed by atoms with E-state index in [9.17, 15) is 16.8 Å². The zero-order chi connectivity index (χ0) is 16.1. The molecule has 0 aliphatic rings. The lowest BCUT2D eigenvalue weighted by molar-refractivity contribution is 0.577. The third-order valence-electron chi connectivity index (χ3n) is 2.62. The molecule has 9 heteroatoms. The van der Waals surface area contributed by atoms with E-state index in [0.29, 0.717) is 17.1 Å². The van der Waals surface area contributed by atoms with Crippen LogP contribution in [0.15, 0.2) is 24.3 Å². The highest BCUT2D eigenvalue weighted by Crippen LogP contribution is 2.19. The van der Waals surface area contributed by atoms with Crippen molar-refractivity contribution in [3.8, 4) is 0 Å². The summed E-state index contributed by atoms with van der Waals surface area (Å²) < 4.78 is 50.2. The van der Waals surface area contributed by atoms with Gasteiger partial charge in [-0.3, -0.25) is 4.31 Å². The van der Waals surface area contributed by atoms with Gasteiger partial charge in [0.15, 0.2) is 0 Å². The van der Waals surface area contributed by atoms with E-state index in [1.165, 1.54) is 0 Å². The number of anilines is 1. The van der Waals surface area contributed by atoms with Gasteiger partial charge in [0.05, 0.1) is 17.7 Å². The van der Waals surface area contributed by atoms with Crippen LogP contribution in [0.25, 0.3) is 0 Å². The van der Waals surface area contributed by atoms with Crippen LogP contribution in [0, 0.1) is 0 Å². The topological polar surface area (TPSA) is 83.6 Å². The van der Waals surface area contributed by atoms with Crippen LogP contribution in [0.4, 0.5) is 5.69 Å². The average molecular weight is 355 g/mol. The largest absolute Gasteiger partial charge is 0.269 e. The maximum atomic E-state index is 11.8. The van der Waals surface area contributed by atoms with Crippen LogP contribution in [0.2, 0.25) is 5.02 Å². The minimum Gasteiger partial charge on any atom is -0.269 e. The van der Waals surface area contributed by atoms with Crippen LogP contribution in [0.5, 0.6) is 0 Å². The molecule has 6 nitrogen and oxygen atoms in total. The maximum Gasteiger partial charge on any atom is 0.232 e. The molecule has 0 fully saturated rings. The Balaban J connectivity index is 2.80. The van der Waals surface area contributed by atoms with Crippen LogP contribution in [0.1, 0.15) is 13.3 Å². The molecule has 0 spiro atoms. The van der Waals surface area contributed by atoms with Crippen LogP contribution < -0.4 is 9.03 Å². The standard InChI is InChI=1S/C12H19ClN2O4S2/c1-3-10-21(18,19)14-8-9-15(20(2,16)17)12-6-4-11(13)5-7-12/h4-7,14H,3,8-10H2,1-2H3. The number of rotatable bonds is 8. The van der Waals surface area contributed by atoms with Crippen LogP contribution in [-0.2, 0) is 20.0 Å². The first-order valence-electron chi connectivity index (χ1n) is 6.36. The molecule has 1 aromatic rings. The summed E-state index contributed by atoms with van der Waals surface area (Å²) in [7, 11) is -6.86. The van der Waals surface area contributed by atoms with Crippen LogP contribution in [0.3, 0.4) is 0 Å². The molecule has 0 unspecified atom stereocenters. The summed E-state index contributed by atoms with van der Waals surface area (Å²) in [6.07, 6.45) is 1.57. The lowest BCUT2D eigenvalue weighted by Gasteiger charge is -2.22. The number of hydrogen-bond acceptors (Lipinski definition) is 4. The van der Waals surface area contributed by atoms with E-state index in [-0.39, 0.29) is 18.8 Å². The second-order valence-corrected chi connectivity index (χ2v) is 8.79. The van der Waals surface area contributed by atoms with Gasteiger partial charge in [0.2, 0.25) is 20.0 Å². The fraction of sp³-hybridized carbons (Fsp3) is 0.500. The Morgan fingerprint density at radius 1 is 1.14 bits per heavy atom. The van der Waals surface area contributed by atoms with E-state index in [1.807, 2.05) is 0 Å². The Kier molecular flexibility index (Phi) is 6.45. The average Bonchev–Trinajstić information content (AvgIpc) is 2.34. The molecule has 1 N–H and O–H groups in total. The number of nitrogens with zero attached hydrogens (tertiary/aromatic N) is 1. The van der Waals surface area contributed by atoms with Crippen molar-refractivity contribution in [2.75, 3.05) is 29.4 Å². The van der Waals surface area contributed by atoms with Crippen molar-refractivity contribution >= 4 is 37.3 Å². The van der Waals surface area contributed by atoms with Gasteiger partial charge in [-0.2, -0.15) is 0 Å². The molecule has 0 saturated heterocycles. The minimum atomic E-state index is -3.51. The minimum absolute atomic E-state index is 0.0119. The predicted octanol–water partition coefficient (Wildman–Crippen LogP) is 1.44. The van der Waals surface area contributed by atoms with Gasteiger partial charge in [-0.1, -0.05) is 18.5 Å². The summed E-state index contributed by atoms with van der Waals surface area (Å²) in [5.74, 6) is 0.0207. The zero-order valence-corrected chi connectivity index (χ0v) is 14.3. The van der Waals surface area contributed by atoms with Gasteiger partial charge < -0.3 is 0 Å². The van der Waals surface area contributed by atoms with Crippen molar-refractivity contribution in [1.29, 1.82) is 0 Å². The number of hydrogen-bond donors (Lipinski definition) is 1. The number of nitrogens with one attached hydrogen (secondary N) is 1.